The first-order chi connectivity index (χ1) is 9.57. The Morgan fingerprint density at radius 3 is 2.45 bits per heavy atom. The van der Waals surface area contributed by atoms with Gasteiger partial charge in [0.1, 0.15) is 0 Å². The van der Waals surface area contributed by atoms with Gasteiger partial charge in [-0.05, 0) is 31.4 Å². The predicted molar refractivity (Wildman–Crippen MR) is 86.9 cm³/mol. The molecule has 3 unspecified atom stereocenters. The van der Waals surface area contributed by atoms with Crippen molar-refractivity contribution in [2.45, 2.75) is 51.0 Å². The van der Waals surface area contributed by atoms with Crippen molar-refractivity contribution < 1.29 is 0 Å². The maximum absolute atomic E-state index is 6.12. The van der Waals surface area contributed by atoms with Crippen LogP contribution in [-0.4, -0.2) is 31.1 Å². The molecule has 1 saturated carbocycles. The summed E-state index contributed by atoms with van der Waals surface area (Å²) in [6.45, 7) is 6.44. The lowest BCUT2D eigenvalue weighted by Gasteiger charge is -2.41. The van der Waals surface area contributed by atoms with Crippen molar-refractivity contribution in [1.82, 2.24) is 4.90 Å². The molecule has 0 saturated heterocycles. The number of hydrogen-bond donors (Lipinski definition) is 1. The zero-order valence-corrected chi connectivity index (χ0v) is 13.3. The molecule has 20 heavy (non-hydrogen) atoms. The SMILES string of the molecule is CC1CCCCC1N(C)CC(C)(CN)c1ccccc1. The number of rotatable bonds is 5. The van der Waals surface area contributed by atoms with Crippen LogP contribution < -0.4 is 5.73 Å². The lowest BCUT2D eigenvalue weighted by Crippen LogP contribution is -2.48. The van der Waals surface area contributed by atoms with Crippen LogP contribution in [0.25, 0.3) is 0 Å². The standard InChI is InChI=1S/C18H30N2/c1-15-9-7-8-12-17(15)20(3)14-18(2,13-19)16-10-5-4-6-11-16/h4-6,10-11,15,17H,7-9,12-14,19H2,1-3H3. The second-order valence-electron chi connectivity index (χ2n) is 6.88. The quantitative estimate of drug-likeness (QED) is 0.891. The van der Waals surface area contributed by atoms with Crippen LogP contribution in [0.3, 0.4) is 0 Å². The van der Waals surface area contributed by atoms with Crippen LogP contribution in [0.1, 0.15) is 45.1 Å². The Morgan fingerprint density at radius 1 is 1.20 bits per heavy atom. The fourth-order valence-electron chi connectivity index (χ4n) is 3.73. The highest BCUT2D eigenvalue weighted by molar-refractivity contribution is 5.25. The van der Waals surface area contributed by atoms with Crippen LogP contribution in [0.2, 0.25) is 0 Å². The smallest absolute Gasteiger partial charge is 0.0174 e. The van der Waals surface area contributed by atoms with E-state index >= 15 is 0 Å². The van der Waals surface area contributed by atoms with Gasteiger partial charge in [0.05, 0.1) is 0 Å². The van der Waals surface area contributed by atoms with Gasteiger partial charge in [-0.15, -0.1) is 0 Å². The Kier molecular flexibility index (Phi) is 5.22. The third-order valence-electron chi connectivity index (χ3n) is 5.15. The highest BCUT2D eigenvalue weighted by Crippen LogP contribution is 2.30. The van der Waals surface area contributed by atoms with E-state index in [0.717, 1.165) is 18.5 Å². The molecule has 2 nitrogen and oxygen atoms in total. The Hall–Kier alpha value is -0.860. The summed E-state index contributed by atoms with van der Waals surface area (Å²) in [6.07, 6.45) is 5.50. The molecule has 0 heterocycles. The van der Waals surface area contributed by atoms with Crippen molar-refractivity contribution >= 4 is 0 Å². The van der Waals surface area contributed by atoms with Gasteiger partial charge in [-0.1, -0.05) is 57.0 Å². The molecule has 1 aliphatic carbocycles. The first-order valence-corrected chi connectivity index (χ1v) is 8.02. The molecule has 1 aliphatic rings. The van der Waals surface area contributed by atoms with Gasteiger partial charge < -0.3 is 10.6 Å². The largest absolute Gasteiger partial charge is 0.330 e. The van der Waals surface area contributed by atoms with Gasteiger partial charge in [-0.3, -0.25) is 0 Å². The average molecular weight is 274 g/mol. The van der Waals surface area contributed by atoms with Crippen LogP contribution >= 0.6 is 0 Å². The molecular formula is C18H30N2. The zero-order valence-electron chi connectivity index (χ0n) is 13.3. The van der Waals surface area contributed by atoms with Crippen LogP contribution in [0.4, 0.5) is 0 Å². The summed E-state index contributed by atoms with van der Waals surface area (Å²) < 4.78 is 0. The van der Waals surface area contributed by atoms with E-state index in [0.29, 0.717) is 6.54 Å². The molecule has 0 amide bonds. The summed E-state index contributed by atoms with van der Waals surface area (Å²) in [4.78, 5) is 2.56. The van der Waals surface area contributed by atoms with Crippen LogP contribution in [0.5, 0.6) is 0 Å². The molecule has 0 aliphatic heterocycles. The molecular weight excluding hydrogens is 244 g/mol. The van der Waals surface area contributed by atoms with Crippen molar-refractivity contribution in [3.8, 4) is 0 Å². The maximum Gasteiger partial charge on any atom is 0.0174 e. The topological polar surface area (TPSA) is 29.3 Å². The molecule has 0 radical (unpaired) electrons. The Bertz CT molecular complexity index is 403. The first-order valence-electron chi connectivity index (χ1n) is 8.02. The van der Waals surface area contributed by atoms with E-state index in [1.54, 1.807) is 0 Å². The molecule has 0 aromatic heterocycles. The highest BCUT2D eigenvalue weighted by Gasteiger charge is 2.31. The number of hydrogen-bond acceptors (Lipinski definition) is 2. The van der Waals surface area contributed by atoms with Crippen molar-refractivity contribution in [3.05, 3.63) is 35.9 Å². The normalized spacial score (nSPS) is 26.4. The minimum Gasteiger partial charge on any atom is -0.330 e. The minimum atomic E-state index is 0.0488. The third-order valence-corrected chi connectivity index (χ3v) is 5.15. The summed E-state index contributed by atoms with van der Waals surface area (Å²) in [5, 5.41) is 0. The van der Waals surface area contributed by atoms with Crippen molar-refractivity contribution in [3.63, 3.8) is 0 Å². The van der Waals surface area contributed by atoms with Crippen molar-refractivity contribution in [2.24, 2.45) is 11.7 Å². The van der Waals surface area contributed by atoms with Gasteiger partial charge in [-0.25, -0.2) is 0 Å². The molecule has 112 valence electrons. The highest BCUT2D eigenvalue weighted by atomic mass is 15.1. The number of benzene rings is 1. The molecule has 0 spiro atoms. The van der Waals surface area contributed by atoms with Gasteiger partial charge in [0.25, 0.3) is 0 Å². The lowest BCUT2D eigenvalue weighted by molar-refractivity contribution is 0.116. The maximum atomic E-state index is 6.12. The fourth-order valence-corrected chi connectivity index (χ4v) is 3.73. The fraction of sp³-hybridized carbons (Fsp3) is 0.667. The van der Waals surface area contributed by atoms with Gasteiger partial charge >= 0.3 is 0 Å². The Balaban J connectivity index is 2.09. The first kappa shape index (κ1) is 15.5. The second kappa shape index (κ2) is 6.73. The number of nitrogens with zero attached hydrogens (tertiary/aromatic N) is 1. The van der Waals surface area contributed by atoms with Crippen molar-refractivity contribution in [2.75, 3.05) is 20.1 Å². The van der Waals surface area contributed by atoms with E-state index in [4.69, 9.17) is 5.73 Å². The Labute approximate surface area is 124 Å². The number of likely N-dealkylation sites (N-methyl/N-ethyl adjacent to an activating group) is 1. The van der Waals surface area contributed by atoms with E-state index in [1.807, 2.05) is 0 Å². The summed E-state index contributed by atoms with van der Waals surface area (Å²) in [5.74, 6) is 0.812. The van der Waals surface area contributed by atoms with Crippen LogP contribution in [0.15, 0.2) is 30.3 Å². The molecule has 1 aromatic rings. The van der Waals surface area contributed by atoms with E-state index in [1.165, 1.54) is 31.2 Å². The third kappa shape index (κ3) is 3.42. The summed E-state index contributed by atoms with van der Waals surface area (Å²) in [7, 11) is 2.28. The summed E-state index contributed by atoms with van der Waals surface area (Å²) in [6, 6.07) is 11.5. The minimum absolute atomic E-state index is 0.0488. The van der Waals surface area contributed by atoms with Gasteiger partial charge in [0.2, 0.25) is 0 Å². The summed E-state index contributed by atoms with van der Waals surface area (Å²) in [5.41, 5.74) is 7.53. The molecule has 1 fully saturated rings. The molecule has 3 atom stereocenters. The molecule has 2 rings (SSSR count). The second-order valence-corrected chi connectivity index (χ2v) is 6.88. The monoisotopic (exact) mass is 274 g/mol. The summed E-state index contributed by atoms with van der Waals surface area (Å²) >= 11 is 0. The van der Waals surface area contributed by atoms with Gasteiger partial charge in [0, 0.05) is 24.5 Å². The van der Waals surface area contributed by atoms with Gasteiger partial charge in [0.15, 0.2) is 0 Å². The van der Waals surface area contributed by atoms with E-state index < -0.39 is 0 Å². The van der Waals surface area contributed by atoms with E-state index in [-0.39, 0.29) is 5.41 Å². The zero-order chi connectivity index (χ0) is 14.6. The van der Waals surface area contributed by atoms with E-state index in [2.05, 4.69) is 56.1 Å². The predicted octanol–water partition coefficient (Wildman–Crippen LogP) is 3.41. The molecule has 2 N–H and O–H groups in total. The molecule has 0 bridgehead atoms. The van der Waals surface area contributed by atoms with Crippen LogP contribution in [0, 0.1) is 5.92 Å². The molecule has 2 heteroatoms. The van der Waals surface area contributed by atoms with Gasteiger partial charge in [-0.2, -0.15) is 0 Å². The van der Waals surface area contributed by atoms with Crippen LogP contribution in [-0.2, 0) is 5.41 Å². The average Bonchev–Trinajstić information content (AvgIpc) is 2.48. The van der Waals surface area contributed by atoms with Crippen molar-refractivity contribution in [1.29, 1.82) is 0 Å². The number of nitrogens with two attached hydrogens (primary N) is 1. The molecule has 1 aromatic carbocycles. The van der Waals surface area contributed by atoms with E-state index in [9.17, 15) is 0 Å². The lowest BCUT2D eigenvalue weighted by atomic mass is 9.79. The Morgan fingerprint density at radius 2 is 1.85 bits per heavy atom.